The minimum absolute atomic E-state index is 0.134. The molecule has 6 heteroatoms. The topological polar surface area (TPSA) is 62.2 Å². The van der Waals surface area contributed by atoms with Crippen molar-refractivity contribution in [3.8, 4) is 0 Å². The molecular weight excluding hydrogens is 314 g/mol. The minimum Gasteiger partial charge on any atom is -0.353 e. The number of nitrogens with zero attached hydrogens (tertiary/aromatic N) is 5. The molecule has 0 unspecified atom stereocenters. The van der Waals surface area contributed by atoms with E-state index in [1.807, 2.05) is 36.2 Å². The molecule has 4 rings (SSSR count). The Balaban J connectivity index is 1.36. The van der Waals surface area contributed by atoms with Crippen molar-refractivity contribution < 1.29 is 4.79 Å². The van der Waals surface area contributed by atoms with E-state index in [9.17, 15) is 4.79 Å². The van der Waals surface area contributed by atoms with Crippen molar-refractivity contribution in [2.75, 3.05) is 31.1 Å². The summed E-state index contributed by atoms with van der Waals surface area (Å²) in [5, 5.41) is 8.42. The van der Waals surface area contributed by atoms with E-state index in [-0.39, 0.29) is 5.92 Å². The Kier molecular flexibility index (Phi) is 4.34. The number of amides is 1. The van der Waals surface area contributed by atoms with Gasteiger partial charge in [0.05, 0.1) is 5.69 Å². The maximum atomic E-state index is 12.8. The highest BCUT2D eigenvalue weighted by Gasteiger charge is 2.45. The van der Waals surface area contributed by atoms with Crippen LogP contribution in [0.1, 0.15) is 30.0 Å². The van der Waals surface area contributed by atoms with Gasteiger partial charge in [-0.3, -0.25) is 9.78 Å². The zero-order valence-electron chi connectivity index (χ0n) is 14.5. The quantitative estimate of drug-likeness (QED) is 0.857. The van der Waals surface area contributed by atoms with Gasteiger partial charge in [0.15, 0.2) is 5.82 Å². The summed E-state index contributed by atoms with van der Waals surface area (Å²) in [5.41, 5.74) is 2.11. The zero-order chi connectivity index (χ0) is 17.2. The van der Waals surface area contributed by atoms with E-state index < -0.39 is 0 Å². The van der Waals surface area contributed by atoms with Gasteiger partial charge < -0.3 is 9.80 Å². The standard InChI is InChI=1S/C19H23N5O/c1-14-5-6-18(22-21-14)23-8-3-9-24(11-10-23)19(25)17-12-16(17)15-4-2-7-20-13-15/h2,4-7,13,16-17H,3,8-12H2,1H3/t16-,17-/m1/s1. The first-order valence-electron chi connectivity index (χ1n) is 8.96. The summed E-state index contributed by atoms with van der Waals surface area (Å²) in [6.07, 6.45) is 5.58. The lowest BCUT2D eigenvalue weighted by atomic mass is 10.1. The van der Waals surface area contributed by atoms with E-state index in [1.165, 1.54) is 5.56 Å². The number of carbonyl (C=O) groups excluding carboxylic acids is 1. The SMILES string of the molecule is Cc1ccc(N2CCCN(C(=O)[C@@H]3C[C@@H]3c3cccnc3)CC2)nn1. The highest BCUT2D eigenvalue weighted by molar-refractivity contribution is 5.83. The molecule has 2 atom stereocenters. The van der Waals surface area contributed by atoms with Gasteiger partial charge in [0.25, 0.3) is 0 Å². The number of carbonyl (C=O) groups is 1. The monoisotopic (exact) mass is 337 g/mol. The molecule has 1 saturated heterocycles. The van der Waals surface area contributed by atoms with Crippen molar-refractivity contribution in [2.24, 2.45) is 5.92 Å². The zero-order valence-corrected chi connectivity index (χ0v) is 14.5. The molecule has 130 valence electrons. The average molecular weight is 337 g/mol. The molecule has 1 aliphatic heterocycles. The van der Waals surface area contributed by atoms with E-state index in [0.29, 0.717) is 11.8 Å². The Bertz CT molecular complexity index is 733. The number of pyridine rings is 1. The van der Waals surface area contributed by atoms with Crippen LogP contribution in [0.3, 0.4) is 0 Å². The van der Waals surface area contributed by atoms with Crippen LogP contribution in [0.25, 0.3) is 0 Å². The van der Waals surface area contributed by atoms with Crippen molar-refractivity contribution in [2.45, 2.75) is 25.7 Å². The normalized spacial score (nSPS) is 23.2. The molecule has 6 nitrogen and oxygen atoms in total. The first-order chi connectivity index (χ1) is 12.2. The van der Waals surface area contributed by atoms with E-state index in [2.05, 4.69) is 26.1 Å². The van der Waals surface area contributed by atoms with Gasteiger partial charge in [-0.05, 0) is 49.4 Å². The summed E-state index contributed by atoms with van der Waals surface area (Å²) in [7, 11) is 0. The van der Waals surface area contributed by atoms with Crippen molar-refractivity contribution in [1.82, 2.24) is 20.1 Å². The smallest absolute Gasteiger partial charge is 0.226 e. The number of aromatic nitrogens is 3. The first-order valence-corrected chi connectivity index (χ1v) is 8.96. The molecule has 0 N–H and O–H groups in total. The van der Waals surface area contributed by atoms with Crippen LogP contribution in [-0.2, 0) is 4.79 Å². The number of hydrogen-bond acceptors (Lipinski definition) is 5. The lowest BCUT2D eigenvalue weighted by Gasteiger charge is -2.22. The molecule has 1 saturated carbocycles. The Labute approximate surface area is 147 Å². The summed E-state index contributed by atoms with van der Waals surface area (Å²) in [6, 6.07) is 8.02. The third kappa shape index (κ3) is 3.48. The van der Waals surface area contributed by atoms with Crippen molar-refractivity contribution in [1.29, 1.82) is 0 Å². The molecular formula is C19H23N5O. The largest absolute Gasteiger partial charge is 0.353 e. The Morgan fingerprint density at radius 1 is 1.12 bits per heavy atom. The lowest BCUT2D eigenvalue weighted by molar-refractivity contribution is -0.132. The summed E-state index contributed by atoms with van der Waals surface area (Å²) < 4.78 is 0. The first kappa shape index (κ1) is 16.0. The van der Waals surface area contributed by atoms with Gasteiger partial charge in [-0.2, -0.15) is 5.10 Å². The molecule has 0 spiro atoms. The third-order valence-electron chi connectivity index (χ3n) is 5.14. The second kappa shape index (κ2) is 6.78. The third-order valence-corrected chi connectivity index (χ3v) is 5.14. The van der Waals surface area contributed by atoms with E-state index in [0.717, 1.165) is 50.5 Å². The van der Waals surface area contributed by atoms with Crippen LogP contribution in [0.2, 0.25) is 0 Å². The molecule has 2 aromatic rings. The van der Waals surface area contributed by atoms with Gasteiger partial charge in [0.1, 0.15) is 0 Å². The molecule has 2 aromatic heterocycles. The second-order valence-corrected chi connectivity index (χ2v) is 6.93. The van der Waals surface area contributed by atoms with E-state index in [1.54, 1.807) is 6.20 Å². The number of rotatable bonds is 3. The molecule has 0 aromatic carbocycles. The molecule has 1 amide bonds. The average Bonchev–Trinajstić information content (AvgIpc) is 3.46. The van der Waals surface area contributed by atoms with Gasteiger partial charge in [-0.1, -0.05) is 6.07 Å². The fourth-order valence-electron chi connectivity index (χ4n) is 3.59. The molecule has 0 radical (unpaired) electrons. The molecule has 2 aliphatic rings. The molecule has 2 fully saturated rings. The minimum atomic E-state index is 0.134. The highest BCUT2D eigenvalue weighted by atomic mass is 16.2. The Morgan fingerprint density at radius 3 is 2.80 bits per heavy atom. The van der Waals surface area contributed by atoms with Crippen molar-refractivity contribution in [3.63, 3.8) is 0 Å². The summed E-state index contributed by atoms with van der Waals surface area (Å²) in [5.74, 6) is 1.68. The predicted molar refractivity (Wildman–Crippen MR) is 95.3 cm³/mol. The van der Waals surface area contributed by atoms with Gasteiger partial charge in [-0.15, -0.1) is 5.10 Å². The molecule has 25 heavy (non-hydrogen) atoms. The van der Waals surface area contributed by atoms with E-state index >= 15 is 0 Å². The lowest BCUT2D eigenvalue weighted by Crippen LogP contribution is -2.36. The van der Waals surface area contributed by atoms with Gasteiger partial charge in [0, 0.05) is 44.5 Å². The van der Waals surface area contributed by atoms with Crippen molar-refractivity contribution in [3.05, 3.63) is 47.9 Å². The molecule has 0 bridgehead atoms. The van der Waals surface area contributed by atoms with Crippen LogP contribution < -0.4 is 4.90 Å². The Hall–Kier alpha value is -2.50. The second-order valence-electron chi connectivity index (χ2n) is 6.93. The van der Waals surface area contributed by atoms with Crippen LogP contribution >= 0.6 is 0 Å². The number of aryl methyl sites for hydroxylation is 1. The molecule has 3 heterocycles. The van der Waals surface area contributed by atoms with Crippen LogP contribution in [0, 0.1) is 12.8 Å². The van der Waals surface area contributed by atoms with Crippen LogP contribution in [0.5, 0.6) is 0 Å². The van der Waals surface area contributed by atoms with Gasteiger partial charge in [0.2, 0.25) is 5.91 Å². The van der Waals surface area contributed by atoms with Gasteiger partial charge >= 0.3 is 0 Å². The summed E-state index contributed by atoms with van der Waals surface area (Å²) >= 11 is 0. The maximum absolute atomic E-state index is 12.8. The van der Waals surface area contributed by atoms with Gasteiger partial charge in [-0.25, -0.2) is 0 Å². The van der Waals surface area contributed by atoms with Crippen molar-refractivity contribution >= 4 is 11.7 Å². The molecule has 1 aliphatic carbocycles. The van der Waals surface area contributed by atoms with Crippen LogP contribution in [-0.4, -0.2) is 52.2 Å². The van der Waals surface area contributed by atoms with Crippen LogP contribution in [0.4, 0.5) is 5.82 Å². The highest BCUT2D eigenvalue weighted by Crippen LogP contribution is 2.48. The number of anilines is 1. The fraction of sp³-hybridized carbons (Fsp3) is 0.474. The fourth-order valence-corrected chi connectivity index (χ4v) is 3.59. The Morgan fingerprint density at radius 2 is 2.04 bits per heavy atom. The number of hydrogen-bond donors (Lipinski definition) is 0. The van der Waals surface area contributed by atoms with E-state index in [4.69, 9.17) is 0 Å². The summed E-state index contributed by atoms with van der Waals surface area (Å²) in [4.78, 5) is 21.3. The maximum Gasteiger partial charge on any atom is 0.226 e. The van der Waals surface area contributed by atoms with Crippen LogP contribution in [0.15, 0.2) is 36.7 Å². The summed E-state index contributed by atoms with van der Waals surface area (Å²) in [6.45, 7) is 5.25. The predicted octanol–water partition coefficient (Wildman–Crippen LogP) is 2.02.